The number of carbonyl (C=O) groups is 2. The van der Waals surface area contributed by atoms with Crippen LogP contribution in [0.4, 0.5) is 5.69 Å². The number of carboxylic acids is 1. The zero-order valence-corrected chi connectivity index (χ0v) is 10.5. The number of ether oxygens (including phenoxy) is 2. The van der Waals surface area contributed by atoms with Gasteiger partial charge in [0.2, 0.25) is 0 Å². The number of methoxy groups -OCH3 is 1. The molecule has 1 aromatic rings. The van der Waals surface area contributed by atoms with Crippen LogP contribution in [0.5, 0.6) is 5.75 Å². The van der Waals surface area contributed by atoms with Crippen molar-refractivity contribution in [1.29, 1.82) is 0 Å². The van der Waals surface area contributed by atoms with Gasteiger partial charge in [0.15, 0.2) is 0 Å². The lowest BCUT2D eigenvalue weighted by atomic mass is 10.1. The molecule has 2 rings (SSSR count). The highest BCUT2D eigenvalue weighted by molar-refractivity contribution is 5.96. The first-order chi connectivity index (χ1) is 9.11. The summed E-state index contributed by atoms with van der Waals surface area (Å²) in [7, 11) is 1.38. The number of anilines is 1. The molecule has 1 heterocycles. The minimum Gasteiger partial charge on any atom is -0.496 e. The standard InChI is InChI=1S/C13H15NO5/c1-18-11-7-8(4-5-9(11)13(16)17)14-12(15)10-3-2-6-19-10/h4-5,7,10H,2-3,6H2,1H3,(H,14,15)(H,16,17)/t10-/m1/s1. The van der Waals surface area contributed by atoms with Gasteiger partial charge in [-0.25, -0.2) is 4.79 Å². The highest BCUT2D eigenvalue weighted by atomic mass is 16.5. The van der Waals surface area contributed by atoms with Crippen molar-refractivity contribution in [3.63, 3.8) is 0 Å². The van der Waals surface area contributed by atoms with Gasteiger partial charge in [0, 0.05) is 18.4 Å². The van der Waals surface area contributed by atoms with Gasteiger partial charge in [0.25, 0.3) is 5.91 Å². The van der Waals surface area contributed by atoms with E-state index in [2.05, 4.69) is 5.32 Å². The van der Waals surface area contributed by atoms with Crippen LogP contribution < -0.4 is 10.1 Å². The lowest BCUT2D eigenvalue weighted by Gasteiger charge is -2.12. The smallest absolute Gasteiger partial charge is 0.339 e. The molecule has 0 radical (unpaired) electrons. The molecule has 0 aliphatic carbocycles. The van der Waals surface area contributed by atoms with Crippen LogP contribution in [-0.2, 0) is 9.53 Å². The lowest BCUT2D eigenvalue weighted by Crippen LogP contribution is -2.26. The first kappa shape index (κ1) is 13.4. The van der Waals surface area contributed by atoms with Crippen LogP contribution >= 0.6 is 0 Å². The summed E-state index contributed by atoms with van der Waals surface area (Å²) in [6, 6.07) is 4.40. The third-order valence-electron chi connectivity index (χ3n) is 2.92. The highest BCUT2D eigenvalue weighted by Crippen LogP contribution is 2.24. The molecule has 1 atom stereocenters. The summed E-state index contributed by atoms with van der Waals surface area (Å²) in [5, 5.41) is 11.6. The van der Waals surface area contributed by atoms with Crippen molar-refractivity contribution >= 4 is 17.6 Å². The van der Waals surface area contributed by atoms with E-state index in [0.717, 1.165) is 6.42 Å². The Labute approximate surface area is 110 Å². The summed E-state index contributed by atoms with van der Waals surface area (Å²) in [5.41, 5.74) is 0.542. The second-order valence-corrected chi connectivity index (χ2v) is 4.21. The van der Waals surface area contributed by atoms with E-state index in [1.54, 1.807) is 0 Å². The predicted octanol–water partition coefficient (Wildman–Crippen LogP) is 1.51. The Morgan fingerprint density at radius 3 is 2.84 bits per heavy atom. The molecule has 0 unspecified atom stereocenters. The van der Waals surface area contributed by atoms with Crippen molar-refractivity contribution in [3.8, 4) is 5.75 Å². The fraction of sp³-hybridized carbons (Fsp3) is 0.385. The first-order valence-corrected chi connectivity index (χ1v) is 5.95. The Kier molecular flexibility index (Phi) is 4.01. The van der Waals surface area contributed by atoms with Crippen LogP contribution in [0.3, 0.4) is 0 Å². The molecular formula is C13H15NO5. The summed E-state index contributed by atoms with van der Waals surface area (Å²) < 4.78 is 10.3. The van der Waals surface area contributed by atoms with Crippen molar-refractivity contribution in [3.05, 3.63) is 23.8 Å². The average Bonchev–Trinajstić information content (AvgIpc) is 2.92. The summed E-state index contributed by atoms with van der Waals surface area (Å²) >= 11 is 0. The Hall–Kier alpha value is -2.08. The molecule has 1 saturated heterocycles. The highest BCUT2D eigenvalue weighted by Gasteiger charge is 2.23. The van der Waals surface area contributed by atoms with Gasteiger partial charge in [-0.15, -0.1) is 0 Å². The first-order valence-electron chi connectivity index (χ1n) is 5.95. The number of aromatic carboxylic acids is 1. The van der Waals surface area contributed by atoms with E-state index in [-0.39, 0.29) is 17.2 Å². The van der Waals surface area contributed by atoms with Crippen LogP contribution in [0.2, 0.25) is 0 Å². The van der Waals surface area contributed by atoms with E-state index in [0.29, 0.717) is 18.7 Å². The van der Waals surface area contributed by atoms with Gasteiger partial charge in [-0.3, -0.25) is 4.79 Å². The zero-order valence-electron chi connectivity index (χ0n) is 10.5. The third kappa shape index (κ3) is 3.03. The van der Waals surface area contributed by atoms with Crippen LogP contribution in [0.25, 0.3) is 0 Å². The molecule has 102 valence electrons. The van der Waals surface area contributed by atoms with Crippen molar-refractivity contribution in [1.82, 2.24) is 0 Å². The van der Waals surface area contributed by atoms with Gasteiger partial charge in [-0.1, -0.05) is 0 Å². The monoisotopic (exact) mass is 265 g/mol. The molecule has 2 N–H and O–H groups in total. The molecule has 0 aromatic heterocycles. The van der Waals surface area contributed by atoms with E-state index in [1.807, 2.05) is 0 Å². The van der Waals surface area contributed by atoms with Gasteiger partial charge in [-0.05, 0) is 25.0 Å². The number of benzene rings is 1. The molecule has 1 aliphatic rings. The number of amides is 1. The van der Waals surface area contributed by atoms with Crippen molar-refractivity contribution in [2.45, 2.75) is 18.9 Å². The number of rotatable bonds is 4. The maximum absolute atomic E-state index is 11.8. The fourth-order valence-corrected chi connectivity index (χ4v) is 1.95. The molecule has 0 saturated carbocycles. The summed E-state index contributed by atoms with van der Waals surface area (Å²) in [6.07, 6.45) is 1.15. The Bertz CT molecular complexity index is 494. The Morgan fingerprint density at radius 2 is 2.26 bits per heavy atom. The van der Waals surface area contributed by atoms with Crippen molar-refractivity contribution < 1.29 is 24.2 Å². The van der Waals surface area contributed by atoms with Gasteiger partial charge >= 0.3 is 5.97 Å². The zero-order chi connectivity index (χ0) is 13.8. The number of carboxylic acid groups (broad SMARTS) is 1. The van der Waals surface area contributed by atoms with Crippen molar-refractivity contribution in [2.24, 2.45) is 0 Å². The molecule has 1 aliphatic heterocycles. The van der Waals surface area contributed by atoms with E-state index in [1.165, 1.54) is 25.3 Å². The van der Waals surface area contributed by atoms with E-state index in [4.69, 9.17) is 14.6 Å². The molecule has 1 aromatic carbocycles. The normalized spacial score (nSPS) is 18.1. The fourth-order valence-electron chi connectivity index (χ4n) is 1.95. The number of hydrogen-bond donors (Lipinski definition) is 2. The average molecular weight is 265 g/mol. The van der Waals surface area contributed by atoms with Gasteiger partial charge < -0.3 is 19.9 Å². The summed E-state index contributed by atoms with van der Waals surface area (Å²) in [6.45, 7) is 0.597. The Morgan fingerprint density at radius 1 is 1.47 bits per heavy atom. The summed E-state index contributed by atoms with van der Waals surface area (Å²) in [5.74, 6) is -1.09. The molecule has 1 fully saturated rings. The molecule has 19 heavy (non-hydrogen) atoms. The van der Waals surface area contributed by atoms with E-state index < -0.39 is 12.1 Å². The van der Waals surface area contributed by atoms with E-state index in [9.17, 15) is 9.59 Å². The van der Waals surface area contributed by atoms with Gasteiger partial charge in [-0.2, -0.15) is 0 Å². The number of nitrogens with one attached hydrogen (secondary N) is 1. The molecule has 1 amide bonds. The topological polar surface area (TPSA) is 84.9 Å². The molecule has 6 heteroatoms. The van der Waals surface area contributed by atoms with Crippen molar-refractivity contribution in [2.75, 3.05) is 19.0 Å². The maximum atomic E-state index is 11.8. The molecule has 6 nitrogen and oxygen atoms in total. The lowest BCUT2D eigenvalue weighted by molar-refractivity contribution is -0.124. The molecular weight excluding hydrogens is 250 g/mol. The molecule has 0 bridgehead atoms. The van der Waals surface area contributed by atoms with Crippen LogP contribution in [0, 0.1) is 0 Å². The second kappa shape index (κ2) is 5.71. The van der Waals surface area contributed by atoms with Crippen LogP contribution in [0.15, 0.2) is 18.2 Å². The number of carbonyl (C=O) groups excluding carboxylic acids is 1. The van der Waals surface area contributed by atoms with Crippen LogP contribution in [-0.4, -0.2) is 36.8 Å². The molecule has 0 spiro atoms. The number of hydrogen-bond acceptors (Lipinski definition) is 4. The van der Waals surface area contributed by atoms with Gasteiger partial charge in [0.1, 0.15) is 17.4 Å². The largest absolute Gasteiger partial charge is 0.496 e. The maximum Gasteiger partial charge on any atom is 0.339 e. The summed E-state index contributed by atoms with van der Waals surface area (Å²) in [4.78, 5) is 22.8. The SMILES string of the molecule is COc1cc(NC(=O)[C@H]2CCCO2)ccc1C(=O)O. The van der Waals surface area contributed by atoms with E-state index >= 15 is 0 Å². The second-order valence-electron chi connectivity index (χ2n) is 4.21. The third-order valence-corrected chi connectivity index (χ3v) is 2.92. The minimum atomic E-state index is -1.08. The van der Waals surface area contributed by atoms with Gasteiger partial charge in [0.05, 0.1) is 7.11 Å². The predicted molar refractivity (Wildman–Crippen MR) is 67.6 cm³/mol. The quantitative estimate of drug-likeness (QED) is 0.862. The van der Waals surface area contributed by atoms with Crippen LogP contribution in [0.1, 0.15) is 23.2 Å². The Balaban J connectivity index is 2.12. The minimum absolute atomic E-state index is 0.0533.